The lowest BCUT2D eigenvalue weighted by atomic mass is 9.89. The van der Waals surface area contributed by atoms with E-state index < -0.39 is 0 Å². The van der Waals surface area contributed by atoms with Crippen LogP contribution >= 0.6 is 0 Å². The van der Waals surface area contributed by atoms with Gasteiger partial charge in [0.1, 0.15) is 5.82 Å². The summed E-state index contributed by atoms with van der Waals surface area (Å²) in [5.74, 6) is 2.13. The molecular formula is C18H31N3O. The third-order valence-corrected chi connectivity index (χ3v) is 4.42. The molecule has 2 atom stereocenters. The van der Waals surface area contributed by atoms with Crippen LogP contribution in [0.1, 0.15) is 58.2 Å². The summed E-state index contributed by atoms with van der Waals surface area (Å²) in [5, 5.41) is 6.37. The highest BCUT2D eigenvalue weighted by molar-refractivity contribution is 5.90. The van der Waals surface area contributed by atoms with E-state index in [1.807, 2.05) is 26.0 Å². The Morgan fingerprint density at radius 3 is 2.55 bits per heavy atom. The standard InChI is InChI=1S/C18H31N3O/c1-6-13(4)15(7-2)11-19-12-16-10-9-14(5)18(20-16)21-17(22)8-3/h9-10,13,15,19H,6-8,11-12H2,1-5H3,(H,20,21,22). The second-order valence-electron chi connectivity index (χ2n) is 6.05. The van der Waals surface area contributed by atoms with Crippen LogP contribution in [0.15, 0.2) is 12.1 Å². The van der Waals surface area contributed by atoms with Gasteiger partial charge in [-0.25, -0.2) is 4.98 Å². The van der Waals surface area contributed by atoms with E-state index in [9.17, 15) is 4.79 Å². The van der Waals surface area contributed by atoms with Gasteiger partial charge in [0.25, 0.3) is 0 Å². The number of amides is 1. The van der Waals surface area contributed by atoms with Gasteiger partial charge < -0.3 is 10.6 Å². The van der Waals surface area contributed by atoms with Gasteiger partial charge in [0, 0.05) is 13.0 Å². The Bertz CT molecular complexity index is 473. The predicted octanol–water partition coefficient (Wildman–Crippen LogP) is 3.90. The summed E-state index contributed by atoms with van der Waals surface area (Å²) in [4.78, 5) is 16.1. The monoisotopic (exact) mass is 305 g/mol. The number of carbonyl (C=O) groups excluding carboxylic acids is 1. The Balaban J connectivity index is 2.59. The Morgan fingerprint density at radius 2 is 1.95 bits per heavy atom. The van der Waals surface area contributed by atoms with Gasteiger partial charge in [-0.15, -0.1) is 0 Å². The third kappa shape index (κ3) is 5.76. The lowest BCUT2D eigenvalue weighted by Crippen LogP contribution is -2.26. The molecule has 0 aliphatic heterocycles. The highest BCUT2D eigenvalue weighted by Crippen LogP contribution is 2.18. The van der Waals surface area contributed by atoms with E-state index in [0.717, 1.165) is 30.3 Å². The molecule has 0 fully saturated rings. The maximum Gasteiger partial charge on any atom is 0.225 e. The van der Waals surface area contributed by atoms with Crippen molar-refractivity contribution in [1.29, 1.82) is 0 Å². The zero-order valence-corrected chi connectivity index (χ0v) is 14.7. The zero-order chi connectivity index (χ0) is 16.5. The van der Waals surface area contributed by atoms with Crippen molar-refractivity contribution in [2.24, 2.45) is 11.8 Å². The zero-order valence-electron chi connectivity index (χ0n) is 14.7. The molecule has 2 unspecified atom stereocenters. The first-order valence-electron chi connectivity index (χ1n) is 8.48. The summed E-state index contributed by atoms with van der Waals surface area (Å²) in [6.45, 7) is 12.4. The molecule has 1 heterocycles. The molecule has 0 aliphatic carbocycles. The van der Waals surface area contributed by atoms with Crippen molar-refractivity contribution < 1.29 is 4.79 Å². The minimum absolute atomic E-state index is 0.00327. The fourth-order valence-electron chi connectivity index (χ4n) is 2.48. The van der Waals surface area contributed by atoms with Crippen molar-refractivity contribution in [1.82, 2.24) is 10.3 Å². The number of nitrogens with zero attached hydrogens (tertiary/aromatic N) is 1. The third-order valence-electron chi connectivity index (χ3n) is 4.42. The molecule has 1 rings (SSSR count). The quantitative estimate of drug-likeness (QED) is 0.727. The maximum atomic E-state index is 11.5. The Kier molecular flexibility index (Phi) is 8.10. The normalized spacial score (nSPS) is 13.7. The van der Waals surface area contributed by atoms with Crippen molar-refractivity contribution in [2.45, 2.75) is 60.4 Å². The molecule has 4 heteroatoms. The summed E-state index contributed by atoms with van der Waals surface area (Å²) in [6.07, 6.45) is 2.88. The summed E-state index contributed by atoms with van der Waals surface area (Å²) in [6, 6.07) is 4.04. The number of nitrogens with one attached hydrogen (secondary N) is 2. The van der Waals surface area contributed by atoms with Crippen LogP contribution in [0.3, 0.4) is 0 Å². The Hall–Kier alpha value is -1.42. The molecule has 0 radical (unpaired) electrons. The Labute approximate surface area is 135 Å². The summed E-state index contributed by atoms with van der Waals surface area (Å²) in [5.41, 5.74) is 1.97. The van der Waals surface area contributed by atoms with Crippen molar-refractivity contribution in [2.75, 3.05) is 11.9 Å². The number of pyridine rings is 1. The van der Waals surface area contributed by atoms with Gasteiger partial charge in [-0.05, 0) is 36.9 Å². The molecule has 0 saturated carbocycles. The molecule has 2 N–H and O–H groups in total. The van der Waals surface area contributed by atoms with E-state index in [1.54, 1.807) is 0 Å². The van der Waals surface area contributed by atoms with Crippen LogP contribution in [0, 0.1) is 18.8 Å². The second-order valence-corrected chi connectivity index (χ2v) is 6.05. The Morgan fingerprint density at radius 1 is 1.23 bits per heavy atom. The van der Waals surface area contributed by atoms with E-state index in [1.165, 1.54) is 12.8 Å². The van der Waals surface area contributed by atoms with E-state index in [0.29, 0.717) is 18.2 Å². The van der Waals surface area contributed by atoms with Gasteiger partial charge in [0.15, 0.2) is 0 Å². The van der Waals surface area contributed by atoms with Gasteiger partial charge >= 0.3 is 0 Å². The molecule has 22 heavy (non-hydrogen) atoms. The van der Waals surface area contributed by atoms with Crippen LogP contribution in [0.4, 0.5) is 5.82 Å². The first kappa shape index (κ1) is 18.6. The van der Waals surface area contributed by atoms with Crippen molar-refractivity contribution in [3.63, 3.8) is 0 Å². The SMILES string of the molecule is CCC(=O)Nc1nc(CNCC(CC)C(C)CC)ccc1C. The smallest absolute Gasteiger partial charge is 0.225 e. The summed E-state index contributed by atoms with van der Waals surface area (Å²) < 4.78 is 0. The highest BCUT2D eigenvalue weighted by Gasteiger charge is 2.13. The fraction of sp³-hybridized carbons (Fsp3) is 0.667. The largest absolute Gasteiger partial charge is 0.311 e. The fourth-order valence-corrected chi connectivity index (χ4v) is 2.48. The molecule has 1 aromatic rings. The van der Waals surface area contributed by atoms with Crippen LogP contribution in [-0.4, -0.2) is 17.4 Å². The average molecular weight is 305 g/mol. The molecule has 0 aliphatic rings. The molecule has 124 valence electrons. The van der Waals surface area contributed by atoms with Crippen LogP contribution in [0.25, 0.3) is 0 Å². The topological polar surface area (TPSA) is 54.0 Å². The lowest BCUT2D eigenvalue weighted by molar-refractivity contribution is -0.115. The van der Waals surface area contributed by atoms with E-state index in [2.05, 4.69) is 36.4 Å². The summed E-state index contributed by atoms with van der Waals surface area (Å²) >= 11 is 0. The number of anilines is 1. The number of rotatable bonds is 9. The van der Waals surface area contributed by atoms with Gasteiger partial charge in [-0.3, -0.25) is 4.79 Å². The highest BCUT2D eigenvalue weighted by atomic mass is 16.1. The number of carbonyl (C=O) groups is 1. The van der Waals surface area contributed by atoms with E-state index >= 15 is 0 Å². The lowest BCUT2D eigenvalue weighted by Gasteiger charge is -2.21. The van der Waals surface area contributed by atoms with Gasteiger partial charge in [-0.1, -0.05) is 46.6 Å². The van der Waals surface area contributed by atoms with Crippen molar-refractivity contribution in [3.8, 4) is 0 Å². The van der Waals surface area contributed by atoms with Crippen molar-refractivity contribution in [3.05, 3.63) is 23.4 Å². The summed E-state index contributed by atoms with van der Waals surface area (Å²) in [7, 11) is 0. The number of hydrogen-bond donors (Lipinski definition) is 2. The molecule has 1 aromatic heterocycles. The molecule has 0 aromatic carbocycles. The minimum Gasteiger partial charge on any atom is -0.311 e. The maximum absolute atomic E-state index is 11.5. The number of hydrogen-bond acceptors (Lipinski definition) is 3. The number of aromatic nitrogens is 1. The molecular weight excluding hydrogens is 274 g/mol. The first-order chi connectivity index (χ1) is 10.5. The van der Waals surface area contributed by atoms with Crippen LogP contribution < -0.4 is 10.6 Å². The molecule has 0 saturated heterocycles. The van der Waals surface area contributed by atoms with Gasteiger partial charge in [0.2, 0.25) is 5.91 Å². The minimum atomic E-state index is 0.00327. The first-order valence-corrected chi connectivity index (χ1v) is 8.48. The van der Waals surface area contributed by atoms with Crippen LogP contribution in [0.5, 0.6) is 0 Å². The van der Waals surface area contributed by atoms with E-state index in [-0.39, 0.29) is 5.91 Å². The molecule has 0 spiro atoms. The number of aryl methyl sites for hydroxylation is 1. The molecule has 4 nitrogen and oxygen atoms in total. The second kappa shape index (κ2) is 9.57. The molecule has 0 bridgehead atoms. The van der Waals surface area contributed by atoms with Crippen LogP contribution in [-0.2, 0) is 11.3 Å². The predicted molar refractivity (Wildman–Crippen MR) is 92.8 cm³/mol. The van der Waals surface area contributed by atoms with E-state index in [4.69, 9.17) is 0 Å². The van der Waals surface area contributed by atoms with Crippen LogP contribution in [0.2, 0.25) is 0 Å². The van der Waals surface area contributed by atoms with Gasteiger partial charge in [-0.2, -0.15) is 0 Å². The average Bonchev–Trinajstić information content (AvgIpc) is 2.53. The molecule has 1 amide bonds. The van der Waals surface area contributed by atoms with Crippen molar-refractivity contribution >= 4 is 11.7 Å². The van der Waals surface area contributed by atoms with Gasteiger partial charge in [0.05, 0.1) is 5.69 Å².